The van der Waals surface area contributed by atoms with Gasteiger partial charge in [-0.15, -0.1) is 0 Å². The van der Waals surface area contributed by atoms with Crippen LogP contribution in [0, 0.1) is 19.8 Å². The fourth-order valence-corrected chi connectivity index (χ4v) is 5.30. The first-order valence-electron chi connectivity index (χ1n) is 10.4. The van der Waals surface area contributed by atoms with Crippen molar-refractivity contribution >= 4 is 35.1 Å². The van der Waals surface area contributed by atoms with Crippen molar-refractivity contribution in [2.45, 2.75) is 31.8 Å². The summed E-state index contributed by atoms with van der Waals surface area (Å²) < 4.78 is 1.85. The molecule has 31 heavy (non-hydrogen) atoms. The van der Waals surface area contributed by atoms with Gasteiger partial charge in [0.1, 0.15) is 5.82 Å². The molecule has 2 aliphatic heterocycles. The number of benzene rings is 2. The Morgan fingerprint density at radius 2 is 1.97 bits per heavy atom. The van der Waals surface area contributed by atoms with Gasteiger partial charge >= 0.3 is 0 Å². The number of thioether (sulfide) groups is 1. The van der Waals surface area contributed by atoms with Crippen LogP contribution >= 0.6 is 11.8 Å². The van der Waals surface area contributed by atoms with E-state index in [1.807, 2.05) is 67.1 Å². The van der Waals surface area contributed by atoms with Gasteiger partial charge in [-0.25, -0.2) is 4.68 Å². The second kappa shape index (κ2) is 7.89. The average molecular weight is 433 g/mol. The van der Waals surface area contributed by atoms with E-state index in [1.54, 1.807) is 16.7 Å². The van der Waals surface area contributed by atoms with Crippen LogP contribution < -0.4 is 10.2 Å². The molecule has 1 N–H and O–H groups in total. The predicted molar refractivity (Wildman–Crippen MR) is 124 cm³/mol. The second-order valence-corrected chi connectivity index (χ2v) is 9.18. The van der Waals surface area contributed by atoms with Crippen LogP contribution in [-0.4, -0.2) is 28.1 Å². The van der Waals surface area contributed by atoms with Crippen molar-refractivity contribution in [3.05, 3.63) is 70.9 Å². The minimum Gasteiger partial charge on any atom is -0.312 e. The van der Waals surface area contributed by atoms with E-state index in [9.17, 15) is 9.59 Å². The molecule has 0 spiro atoms. The van der Waals surface area contributed by atoms with Gasteiger partial charge in [0.2, 0.25) is 11.8 Å². The molecule has 0 aliphatic carbocycles. The molecular formula is C24H24N4O2S. The van der Waals surface area contributed by atoms with Crippen LogP contribution in [0.15, 0.2) is 48.5 Å². The van der Waals surface area contributed by atoms with E-state index in [4.69, 9.17) is 5.10 Å². The molecule has 158 valence electrons. The number of rotatable bonds is 4. The maximum absolute atomic E-state index is 13.2. The molecule has 2 aliphatic rings. The van der Waals surface area contributed by atoms with E-state index in [-0.39, 0.29) is 18.2 Å². The molecule has 1 unspecified atom stereocenters. The average Bonchev–Trinajstić information content (AvgIpc) is 3.44. The first-order valence-corrected chi connectivity index (χ1v) is 11.6. The number of carbonyl (C=O) groups is 2. The summed E-state index contributed by atoms with van der Waals surface area (Å²) in [5.74, 6) is 1.88. The SMILES string of the molecule is Cc1cccc(N2CC(C(=O)Nc3c4c(nn3-c3ccccc3C)CSC4)CC2=O)c1. The topological polar surface area (TPSA) is 67.2 Å². The van der Waals surface area contributed by atoms with Gasteiger partial charge in [-0.2, -0.15) is 16.9 Å². The standard InChI is InChI=1S/C24H24N4O2S/c1-15-6-5-8-18(10-15)27-12-17(11-22(27)29)24(30)25-23-19-13-31-14-20(19)26-28(23)21-9-4-3-7-16(21)2/h3-10,17H,11-14H2,1-2H3,(H,25,30). The number of aromatic nitrogens is 2. The molecule has 6 nitrogen and oxygen atoms in total. The smallest absolute Gasteiger partial charge is 0.230 e. The normalized spacial score (nSPS) is 17.8. The van der Waals surface area contributed by atoms with E-state index in [1.165, 1.54) is 0 Å². The Bertz CT molecular complexity index is 1190. The number of aryl methyl sites for hydroxylation is 2. The lowest BCUT2D eigenvalue weighted by Gasteiger charge is -2.18. The zero-order chi connectivity index (χ0) is 21.5. The number of hydrogen-bond donors (Lipinski definition) is 1. The molecule has 2 aromatic carbocycles. The Hall–Kier alpha value is -3.06. The van der Waals surface area contributed by atoms with E-state index in [2.05, 4.69) is 5.32 Å². The van der Waals surface area contributed by atoms with E-state index in [0.29, 0.717) is 6.54 Å². The maximum atomic E-state index is 13.2. The maximum Gasteiger partial charge on any atom is 0.230 e. The first kappa shape index (κ1) is 19.9. The summed E-state index contributed by atoms with van der Waals surface area (Å²) in [6, 6.07) is 15.9. The van der Waals surface area contributed by atoms with Crippen LogP contribution in [0.25, 0.3) is 5.69 Å². The predicted octanol–water partition coefficient (Wildman–Crippen LogP) is 4.23. The van der Waals surface area contributed by atoms with Crippen molar-refractivity contribution in [2.24, 2.45) is 5.92 Å². The van der Waals surface area contributed by atoms with Crippen molar-refractivity contribution in [3.8, 4) is 5.69 Å². The van der Waals surface area contributed by atoms with E-state index >= 15 is 0 Å². The van der Waals surface area contributed by atoms with Gasteiger partial charge in [0.05, 0.1) is 17.3 Å². The van der Waals surface area contributed by atoms with Crippen molar-refractivity contribution in [1.29, 1.82) is 0 Å². The zero-order valence-electron chi connectivity index (χ0n) is 17.6. The molecule has 3 heterocycles. The third kappa shape index (κ3) is 3.63. The molecule has 1 saturated heterocycles. The lowest BCUT2D eigenvalue weighted by atomic mass is 10.1. The second-order valence-electron chi connectivity index (χ2n) is 8.20. The van der Waals surface area contributed by atoms with Crippen molar-refractivity contribution in [1.82, 2.24) is 9.78 Å². The Labute approximate surface area is 185 Å². The van der Waals surface area contributed by atoms with Crippen LogP contribution in [0.1, 0.15) is 28.8 Å². The van der Waals surface area contributed by atoms with Gasteiger partial charge in [-0.05, 0) is 43.2 Å². The molecule has 7 heteroatoms. The number of fused-ring (bicyclic) bond motifs is 1. The summed E-state index contributed by atoms with van der Waals surface area (Å²) in [5, 5.41) is 7.92. The summed E-state index contributed by atoms with van der Waals surface area (Å²) in [5.41, 5.74) is 6.10. The van der Waals surface area contributed by atoms with Crippen LogP contribution in [0.2, 0.25) is 0 Å². The highest BCUT2D eigenvalue weighted by Gasteiger charge is 2.36. The van der Waals surface area contributed by atoms with Gasteiger partial charge in [0, 0.05) is 35.7 Å². The van der Waals surface area contributed by atoms with Crippen LogP contribution in [0.5, 0.6) is 0 Å². The molecule has 2 amide bonds. The number of amides is 2. The lowest BCUT2D eigenvalue weighted by molar-refractivity contribution is -0.122. The number of carbonyl (C=O) groups excluding carboxylic acids is 2. The summed E-state index contributed by atoms with van der Waals surface area (Å²) in [4.78, 5) is 27.6. The molecule has 0 radical (unpaired) electrons. The highest BCUT2D eigenvalue weighted by molar-refractivity contribution is 7.98. The van der Waals surface area contributed by atoms with Crippen molar-refractivity contribution in [2.75, 3.05) is 16.8 Å². The Morgan fingerprint density at radius 3 is 2.77 bits per heavy atom. The van der Waals surface area contributed by atoms with Gasteiger partial charge < -0.3 is 10.2 Å². The highest BCUT2D eigenvalue weighted by atomic mass is 32.2. The Balaban J connectivity index is 1.41. The summed E-state index contributed by atoms with van der Waals surface area (Å²) in [6.07, 6.45) is 0.217. The summed E-state index contributed by atoms with van der Waals surface area (Å²) in [7, 11) is 0. The molecule has 0 saturated carbocycles. The molecule has 0 bridgehead atoms. The van der Waals surface area contributed by atoms with Crippen molar-refractivity contribution in [3.63, 3.8) is 0 Å². The Kier molecular flexibility index (Phi) is 5.06. The largest absolute Gasteiger partial charge is 0.312 e. The van der Waals surface area contributed by atoms with Gasteiger partial charge in [0.25, 0.3) is 0 Å². The molecule has 5 rings (SSSR count). The summed E-state index contributed by atoms with van der Waals surface area (Å²) >= 11 is 1.80. The number of anilines is 2. The quantitative estimate of drug-likeness (QED) is 0.670. The fraction of sp³-hybridized carbons (Fsp3) is 0.292. The van der Waals surface area contributed by atoms with E-state index in [0.717, 1.165) is 51.1 Å². The number of hydrogen-bond acceptors (Lipinski definition) is 4. The highest BCUT2D eigenvalue weighted by Crippen LogP contribution is 2.37. The molecule has 1 atom stereocenters. The molecule has 3 aromatic rings. The van der Waals surface area contributed by atoms with Gasteiger partial charge in [0.15, 0.2) is 0 Å². The van der Waals surface area contributed by atoms with Gasteiger partial charge in [-0.3, -0.25) is 9.59 Å². The zero-order valence-corrected chi connectivity index (χ0v) is 18.4. The number of para-hydroxylation sites is 1. The Morgan fingerprint density at radius 1 is 1.13 bits per heavy atom. The van der Waals surface area contributed by atoms with Gasteiger partial charge in [-0.1, -0.05) is 30.3 Å². The molecule has 1 fully saturated rings. The number of nitrogens with zero attached hydrogens (tertiary/aromatic N) is 3. The fourth-order valence-electron chi connectivity index (χ4n) is 4.26. The monoisotopic (exact) mass is 432 g/mol. The number of nitrogens with one attached hydrogen (secondary N) is 1. The van der Waals surface area contributed by atoms with Crippen molar-refractivity contribution < 1.29 is 9.59 Å². The van der Waals surface area contributed by atoms with Crippen LogP contribution in [0.3, 0.4) is 0 Å². The minimum atomic E-state index is -0.391. The third-order valence-corrected chi connectivity index (χ3v) is 6.92. The molecule has 1 aromatic heterocycles. The summed E-state index contributed by atoms with van der Waals surface area (Å²) in [6.45, 7) is 4.43. The lowest BCUT2D eigenvalue weighted by Crippen LogP contribution is -2.29. The van der Waals surface area contributed by atoms with Crippen LogP contribution in [0.4, 0.5) is 11.5 Å². The molecular weight excluding hydrogens is 408 g/mol. The minimum absolute atomic E-state index is 0.0149. The first-order chi connectivity index (χ1) is 15.0. The van der Waals surface area contributed by atoms with E-state index < -0.39 is 5.92 Å². The third-order valence-electron chi connectivity index (χ3n) is 5.95. The van der Waals surface area contributed by atoms with Crippen LogP contribution in [-0.2, 0) is 21.1 Å².